The van der Waals surface area contributed by atoms with Gasteiger partial charge in [-0.15, -0.1) is 11.3 Å². The minimum absolute atomic E-state index is 0. The number of amides is 4. The fourth-order valence-corrected chi connectivity index (χ4v) is 13.4. The molecular formula is C63H82Cl2F2N7NaO6S-2. The first-order chi connectivity index (χ1) is 38.8. The largest absolute Gasteiger partial charge is 1.00 e. The topological polar surface area (TPSA) is 162 Å². The molecule has 3 aromatic carbocycles. The first-order valence-electron chi connectivity index (χ1n) is 28.9. The van der Waals surface area contributed by atoms with Gasteiger partial charge in [-0.25, -0.2) is 13.8 Å². The number of carbonyl (C=O) groups is 4. The number of piperidine rings is 1. The summed E-state index contributed by atoms with van der Waals surface area (Å²) in [6.45, 7) is 24.1. The monoisotopic (exact) mass is 1200 g/mol. The molecule has 0 radical (unpaired) electrons. The van der Waals surface area contributed by atoms with Crippen molar-refractivity contribution in [2.45, 2.75) is 160 Å². The van der Waals surface area contributed by atoms with E-state index in [0.29, 0.717) is 60.6 Å². The Hall–Kier alpha value is -4.00. The van der Waals surface area contributed by atoms with Crippen molar-refractivity contribution >= 4 is 70.6 Å². The standard InChI is InChI=1S/C40H58FN5O4S.C22H23Cl2FN2O.CHO.Na/c1-7-28(8-2)25-45-20-15-29(16-21-45)11-10-22-50-33-23-30(34-27(3)43-26-51-34)13-14-31(33)24-42-36(47)32-12-9-19-46(32)37(48)35(39(4,5)6)44-38(49)40(41)17-18-40;23-14-6-4-7-15(12-14)27-21(28)19-17(16-8-5-9-18(24)20(16)25)13-26-22(19)10-2-1-3-11-22;1-2;/h13-14,23,26,28-29,32,35H,1-2,7-12,15-22,24-25H2,3-6H3,(H,42,47)(H,44,49);4-9,12,17,19,26H,1-3,10-11,13H2,(H,27,28);1H;/q-2;;-1;+1. The second-order valence-electron chi connectivity index (χ2n) is 23.7. The Labute approximate surface area is 521 Å². The first-order valence-corrected chi connectivity index (χ1v) is 30.5. The van der Waals surface area contributed by atoms with Crippen molar-refractivity contribution in [1.82, 2.24) is 30.7 Å². The van der Waals surface area contributed by atoms with Crippen LogP contribution in [0.15, 0.2) is 66.2 Å². The van der Waals surface area contributed by atoms with Crippen LogP contribution in [0.4, 0.5) is 14.5 Å². The maximum absolute atomic E-state index is 14.8. The maximum atomic E-state index is 14.8. The average Bonchev–Trinajstić information content (AvgIpc) is 2.97. The fraction of sp³-hybridized carbons (Fsp3) is 0.556. The fourth-order valence-electron chi connectivity index (χ4n) is 12.2. The molecular weight excluding hydrogens is 1110 g/mol. The number of benzene rings is 3. The molecule has 13 nitrogen and oxygen atoms in total. The maximum Gasteiger partial charge on any atom is 1.00 e. The molecule has 4 amide bonds. The van der Waals surface area contributed by atoms with E-state index >= 15 is 0 Å². The van der Waals surface area contributed by atoms with Gasteiger partial charge < -0.3 is 54.4 Å². The van der Waals surface area contributed by atoms with Crippen molar-refractivity contribution < 1.29 is 67.0 Å². The van der Waals surface area contributed by atoms with Crippen LogP contribution in [0, 0.1) is 49.8 Å². The summed E-state index contributed by atoms with van der Waals surface area (Å²) in [6, 6.07) is 16.6. The molecule has 4 heterocycles. The number of ether oxygens (including phenoxy) is 1. The van der Waals surface area contributed by atoms with Gasteiger partial charge in [0.05, 0.1) is 33.6 Å². The minimum Gasteiger partial charge on any atom is -0.545 e. The zero-order chi connectivity index (χ0) is 58.5. The predicted octanol–water partition coefficient (Wildman–Crippen LogP) is 9.20. The van der Waals surface area contributed by atoms with Crippen LogP contribution >= 0.6 is 34.5 Å². The summed E-state index contributed by atoms with van der Waals surface area (Å²) >= 11 is 13.7. The number of nitrogens with one attached hydrogen (secondary N) is 4. The van der Waals surface area contributed by atoms with E-state index in [1.54, 1.807) is 52.6 Å². The number of rotatable bonds is 19. The zero-order valence-corrected chi connectivity index (χ0v) is 52.9. The molecule has 2 aliphatic carbocycles. The summed E-state index contributed by atoms with van der Waals surface area (Å²) in [7, 11) is 0. The van der Waals surface area contributed by atoms with Gasteiger partial charge >= 0.3 is 29.6 Å². The first kappa shape index (κ1) is 67.1. The second kappa shape index (κ2) is 30.9. The van der Waals surface area contributed by atoms with Crippen LogP contribution < -0.4 is 55.6 Å². The molecule has 4 N–H and O–H groups in total. The summed E-state index contributed by atoms with van der Waals surface area (Å²) in [6.07, 6.45) is 13.0. The third-order valence-electron chi connectivity index (χ3n) is 17.1. The molecule has 0 bridgehead atoms. The van der Waals surface area contributed by atoms with Crippen LogP contribution in [-0.2, 0) is 30.5 Å². The summed E-state index contributed by atoms with van der Waals surface area (Å²) in [5, 5.41) is 13.0. The van der Waals surface area contributed by atoms with Gasteiger partial charge in [0.15, 0.2) is 5.67 Å². The smallest absolute Gasteiger partial charge is 0.545 e. The number of nitrogens with zero attached hydrogens (tertiary/aromatic N) is 3. The number of halogens is 4. The van der Waals surface area contributed by atoms with E-state index in [1.165, 1.54) is 19.3 Å². The predicted molar refractivity (Wildman–Crippen MR) is 319 cm³/mol. The molecule has 3 saturated heterocycles. The van der Waals surface area contributed by atoms with Crippen LogP contribution in [0.3, 0.4) is 0 Å². The Morgan fingerprint density at radius 1 is 0.927 bits per heavy atom. The zero-order valence-electron chi connectivity index (χ0n) is 48.6. The Kier molecular flexibility index (Phi) is 25.3. The van der Waals surface area contributed by atoms with Crippen LogP contribution in [0.2, 0.25) is 10.0 Å². The molecule has 1 aromatic heterocycles. The van der Waals surface area contributed by atoms with Gasteiger partial charge in [-0.2, -0.15) is 12.8 Å². The number of likely N-dealkylation sites (tertiary alicyclic amines) is 2. The van der Waals surface area contributed by atoms with Gasteiger partial charge in [0.1, 0.15) is 23.7 Å². The van der Waals surface area contributed by atoms with Crippen LogP contribution in [-0.4, -0.2) is 108 Å². The number of aromatic nitrogens is 1. The molecule has 3 aliphatic heterocycles. The van der Waals surface area contributed by atoms with Crippen molar-refractivity contribution in [3.05, 3.63) is 113 Å². The third kappa shape index (κ3) is 17.1. The van der Waals surface area contributed by atoms with E-state index < -0.39 is 34.9 Å². The average molecular weight is 1200 g/mol. The van der Waals surface area contributed by atoms with Gasteiger partial charge in [0.2, 0.25) is 17.7 Å². The van der Waals surface area contributed by atoms with Gasteiger partial charge in [-0.1, -0.05) is 99.5 Å². The van der Waals surface area contributed by atoms with Crippen molar-refractivity contribution in [2.24, 2.45) is 23.2 Å². The minimum atomic E-state index is -1.89. The summed E-state index contributed by atoms with van der Waals surface area (Å²) in [5.74, 6) is -0.497. The molecule has 1 spiro atoms. The Morgan fingerprint density at radius 3 is 2.28 bits per heavy atom. The molecule has 5 fully saturated rings. The van der Waals surface area contributed by atoms with Gasteiger partial charge in [0, 0.05) is 47.4 Å². The molecule has 4 aromatic rings. The summed E-state index contributed by atoms with van der Waals surface area (Å²) in [4.78, 5) is 70.9. The Bertz CT molecular complexity index is 2760. The molecule has 2 saturated carbocycles. The number of aryl methyl sites for hydroxylation is 1. The third-order valence-corrected chi connectivity index (χ3v) is 18.6. The number of alkyl halides is 1. The molecule has 4 atom stereocenters. The number of hydrogen-bond acceptors (Lipinski definition) is 10. The van der Waals surface area contributed by atoms with E-state index in [1.807, 2.05) is 57.5 Å². The number of anilines is 1. The quantitative estimate of drug-likeness (QED) is 0.0311. The Morgan fingerprint density at radius 2 is 1.63 bits per heavy atom. The molecule has 4 unspecified atom stereocenters. The number of carbonyl (C=O) groups excluding carboxylic acids is 5. The van der Waals surface area contributed by atoms with Gasteiger partial charge in [-0.05, 0) is 144 Å². The number of hydrogen-bond donors (Lipinski definition) is 4. The van der Waals surface area contributed by atoms with E-state index in [2.05, 4.69) is 51.8 Å². The molecule has 5 aliphatic rings. The second-order valence-corrected chi connectivity index (χ2v) is 25.4. The SMILES string of the molecule is O=C(Nc1cccc(Cl)c1)C1C(c2cccc(Cl)c2F)CNC12CCCCC2.[CH-]=O.[CH2-]CC(C[CH2-])CN1CCC(CCCOc2cc(-c3scnc3C)ccc2CNC(=O)C2CCCN2C(=O)C(NC(=O)C2(F)CC2)C(C)(C)C)CC1.[Na+]. The Balaban J connectivity index is 0.000000293. The molecule has 82 heavy (non-hydrogen) atoms. The van der Waals surface area contributed by atoms with E-state index in [-0.39, 0.29) is 89.1 Å². The van der Waals surface area contributed by atoms with Crippen molar-refractivity contribution in [1.29, 1.82) is 0 Å². The van der Waals surface area contributed by atoms with Gasteiger partial charge in [-0.3, -0.25) is 26.0 Å². The van der Waals surface area contributed by atoms with E-state index in [9.17, 15) is 28.0 Å². The van der Waals surface area contributed by atoms with E-state index in [4.69, 9.17) is 32.7 Å². The van der Waals surface area contributed by atoms with Crippen LogP contribution in [0.5, 0.6) is 5.75 Å². The molecule has 9 rings (SSSR count). The van der Waals surface area contributed by atoms with Crippen molar-refractivity contribution in [2.75, 3.05) is 44.6 Å². The van der Waals surface area contributed by atoms with Crippen molar-refractivity contribution in [3.8, 4) is 16.2 Å². The van der Waals surface area contributed by atoms with Crippen LogP contribution in [0.25, 0.3) is 10.4 Å². The molecule has 442 valence electrons. The van der Waals surface area contributed by atoms with Crippen LogP contribution in [0.1, 0.15) is 140 Å². The van der Waals surface area contributed by atoms with Crippen molar-refractivity contribution in [3.63, 3.8) is 0 Å². The normalized spacial score (nSPS) is 20.6. The van der Waals surface area contributed by atoms with E-state index in [0.717, 1.165) is 98.4 Å². The molecule has 19 heteroatoms. The van der Waals surface area contributed by atoms with Gasteiger partial charge in [0.25, 0.3) is 5.91 Å². The summed E-state index contributed by atoms with van der Waals surface area (Å²) in [5.41, 5.74) is 3.00. The number of thiazole rings is 1. The summed E-state index contributed by atoms with van der Waals surface area (Å²) < 4.78 is 35.8.